The molecule has 26 heavy (non-hydrogen) atoms. The number of amides is 2. The molecule has 10 heteroatoms. The molecule has 0 saturated carbocycles. The third kappa shape index (κ3) is 4.67. The number of nitrogens with zero attached hydrogens (tertiary/aromatic N) is 1. The second-order valence-electron chi connectivity index (χ2n) is 5.05. The number of hydrogen-bond donors (Lipinski definition) is 2. The second-order valence-corrected chi connectivity index (χ2v) is 5.49. The first kappa shape index (κ1) is 19.1. The number of hydrogen-bond acceptors (Lipinski definition) is 5. The average molecular weight is 382 g/mol. The Kier molecular flexibility index (Phi) is 6.07. The molecule has 2 rings (SSSR count). The molecule has 1 unspecified atom stereocenters. The van der Waals surface area contributed by atoms with Gasteiger partial charge in [0.25, 0.3) is 17.5 Å². The summed E-state index contributed by atoms with van der Waals surface area (Å²) in [5, 5.41) is 11.1. The fourth-order valence-electron chi connectivity index (χ4n) is 1.92. The smallest absolute Gasteiger partial charge is 0.283 e. The van der Waals surface area contributed by atoms with E-state index in [1.165, 1.54) is 37.3 Å². The molecule has 0 radical (unpaired) electrons. The third-order valence-electron chi connectivity index (χ3n) is 3.21. The summed E-state index contributed by atoms with van der Waals surface area (Å²) in [5.74, 6) is -2.47. The minimum atomic E-state index is -1.13. The van der Waals surface area contributed by atoms with Gasteiger partial charge in [-0.25, -0.2) is 4.39 Å². The molecule has 0 aromatic heterocycles. The highest BCUT2D eigenvalue weighted by atomic mass is 35.5. The predicted octanol–water partition coefficient (Wildman–Crippen LogP) is 2.62. The summed E-state index contributed by atoms with van der Waals surface area (Å²) in [5.41, 5.74) is 3.29. The summed E-state index contributed by atoms with van der Waals surface area (Å²) < 4.78 is 18.7. The molecule has 0 fully saturated rings. The van der Waals surface area contributed by atoms with Gasteiger partial charge in [0, 0.05) is 11.1 Å². The number of halogens is 2. The zero-order valence-corrected chi connectivity index (χ0v) is 14.1. The van der Waals surface area contributed by atoms with E-state index in [4.69, 9.17) is 16.3 Å². The molecule has 0 saturated heterocycles. The quantitative estimate of drug-likeness (QED) is 0.611. The van der Waals surface area contributed by atoms with Crippen LogP contribution in [0.25, 0.3) is 0 Å². The van der Waals surface area contributed by atoms with Crippen molar-refractivity contribution in [2.45, 2.75) is 13.0 Å². The maximum absolute atomic E-state index is 13.5. The highest BCUT2D eigenvalue weighted by Gasteiger charge is 2.22. The van der Waals surface area contributed by atoms with Gasteiger partial charge in [0.05, 0.1) is 4.92 Å². The van der Waals surface area contributed by atoms with Crippen LogP contribution in [0.2, 0.25) is 5.02 Å². The van der Waals surface area contributed by atoms with Crippen molar-refractivity contribution >= 4 is 29.1 Å². The molecule has 2 aromatic carbocycles. The molecule has 1 atom stereocenters. The number of para-hydroxylation sites is 1. The van der Waals surface area contributed by atoms with E-state index in [-0.39, 0.29) is 16.3 Å². The lowest BCUT2D eigenvalue weighted by Gasteiger charge is -2.15. The summed E-state index contributed by atoms with van der Waals surface area (Å²) in [6.45, 7) is 1.35. The van der Waals surface area contributed by atoms with Crippen molar-refractivity contribution in [3.05, 3.63) is 69.0 Å². The molecular weight excluding hydrogens is 369 g/mol. The molecule has 136 valence electrons. The van der Waals surface area contributed by atoms with Crippen LogP contribution in [0.4, 0.5) is 10.1 Å². The topological polar surface area (TPSA) is 111 Å². The highest BCUT2D eigenvalue weighted by Crippen LogP contribution is 2.23. The SMILES string of the molecule is CC(Oc1ccccc1F)C(=O)NNC(=O)c1ccc(Cl)cc1[N+](=O)[O-]. The van der Waals surface area contributed by atoms with Crippen LogP contribution in [0.15, 0.2) is 42.5 Å². The van der Waals surface area contributed by atoms with Gasteiger partial charge in [-0.3, -0.25) is 30.6 Å². The van der Waals surface area contributed by atoms with E-state index in [9.17, 15) is 24.1 Å². The Morgan fingerprint density at radius 2 is 1.92 bits per heavy atom. The molecule has 0 aliphatic carbocycles. The van der Waals surface area contributed by atoms with Crippen LogP contribution < -0.4 is 15.6 Å². The number of carbonyl (C=O) groups excluding carboxylic acids is 2. The van der Waals surface area contributed by atoms with Gasteiger partial charge in [-0.2, -0.15) is 0 Å². The van der Waals surface area contributed by atoms with E-state index >= 15 is 0 Å². The molecular formula is C16H13ClFN3O5. The van der Waals surface area contributed by atoms with Crippen molar-refractivity contribution in [1.29, 1.82) is 0 Å². The number of hydrazine groups is 1. The van der Waals surface area contributed by atoms with E-state index in [1.54, 1.807) is 0 Å². The normalized spacial score (nSPS) is 11.3. The van der Waals surface area contributed by atoms with Crippen molar-refractivity contribution in [1.82, 2.24) is 10.9 Å². The summed E-state index contributed by atoms with van der Waals surface area (Å²) in [6, 6.07) is 8.98. The van der Waals surface area contributed by atoms with Crippen LogP contribution in [0.5, 0.6) is 5.75 Å². The van der Waals surface area contributed by atoms with Crippen LogP contribution in [-0.2, 0) is 4.79 Å². The lowest BCUT2D eigenvalue weighted by molar-refractivity contribution is -0.385. The van der Waals surface area contributed by atoms with Crippen molar-refractivity contribution in [2.75, 3.05) is 0 Å². The van der Waals surface area contributed by atoms with Gasteiger partial charge in [-0.05, 0) is 31.2 Å². The number of carbonyl (C=O) groups is 2. The van der Waals surface area contributed by atoms with Crippen molar-refractivity contribution in [3.63, 3.8) is 0 Å². The second kappa shape index (κ2) is 8.26. The predicted molar refractivity (Wildman–Crippen MR) is 90.2 cm³/mol. The molecule has 0 spiro atoms. The zero-order valence-electron chi connectivity index (χ0n) is 13.4. The number of nitro benzene ring substituents is 1. The van der Waals surface area contributed by atoms with Crippen LogP contribution >= 0.6 is 11.6 Å². The molecule has 2 amide bonds. The molecule has 0 aliphatic rings. The van der Waals surface area contributed by atoms with Gasteiger partial charge in [-0.15, -0.1) is 0 Å². The Morgan fingerprint density at radius 3 is 2.58 bits per heavy atom. The summed E-state index contributed by atoms with van der Waals surface area (Å²) in [7, 11) is 0. The van der Waals surface area contributed by atoms with Gasteiger partial charge in [0.15, 0.2) is 17.7 Å². The molecule has 2 aromatic rings. The average Bonchev–Trinajstić information content (AvgIpc) is 2.61. The lowest BCUT2D eigenvalue weighted by Crippen LogP contribution is -2.47. The van der Waals surface area contributed by atoms with Gasteiger partial charge in [0.1, 0.15) is 5.56 Å². The molecule has 8 nitrogen and oxygen atoms in total. The highest BCUT2D eigenvalue weighted by molar-refractivity contribution is 6.31. The fourth-order valence-corrected chi connectivity index (χ4v) is 2.09. The van der Waals surface area contributed by atoms with Crippen LogP contribution in [-0.4, -0.2) is 22.8 Å². The number of ether oxygens (including phenoxy) is 1. The van der Waals surface area contributed by atoms with Crippen molar-refractivity contribution in [3.8, 4) is 5.75 Å². The standard InChI is InChI=1S/C16H13ClFN3O5/c1-9(26-14-5-3-2-4-12(14)18)15(22)19-20-16(23)11-7-6-10(17)8-13(11)21(24)25/h2-9H,1H3,(H,19,22)(H,20,23). The van der Waals surface area contributed by atoms with E-state index in [0.717, 1.165) is 12.1 Å². The first-order valence-electron chi connectivity index (χ1n) is 7.25. The summed E-state index contributed by atoms with van der Waals surface area (Å²) in [6.07, 6.45) is -1.13. The van der Waals surface area contributed by atoms with Gasteiger partial charge < -0.3 is 4.74 Å². The van der Waals surface area contributed by atoms with Crippen LogP contribution in [0, 0.1) is 15.9 Å². The molecule has 0 heterocycles. The van der Waals surface area contributed by atoms with Crippen LogP contribution in [0.3, 0.4) is 0 Å². The zero-order chi connectivity index (χ0) is 19.3. The first-order chi connectivity index (χ1) is 12.3. The molecule has 0 bridgehead atoms. The third-order valence-corrected chi connectivity index (χ3v) is 3.45. The van der Waals surface area contributed by atoms with Crippen molar-refractivity contribution < 1.29 is 23.6 Å². The largest absolute Gasteiger partial charge is 0.478 e. The Bertz CT molecular complexity index is 862. The van der Waals surface area contributed by atoms with E-state index in [0.29, 0.717) is 0 Å². The van der Waals surface area contributed by atoms with Gasteiger partial charge in [-0.1, -0.05) is 23.7 Å². The van der Waals surface area contributed by atoms with Crippen molar-refractivity contribution in [2.24, 2.45) is 0 Å². The maximum atomic E-state index is 13.5. The number of rotatable bonds is 5. The monoisotopic (exact) mass is 381 g/mol. The maximum Gasteiger partial charge on any atom is 0.283 e. The lowest BCUT2D eigenvalue weighted by atomic mass is 10.2. The van der Waals surface area contributed by atoms with Crippen LogP contribution in [0.1, 0.15) is 17.3 Å². The summed E-state index contributed by atoms with van der Waals surface area (Å²) >= 11 is 5.67. The molecule has 0 aliphatic heterocycles. The number of nitro groups is 1. The minimum Gasteiger partial charge on any atom is -0.478 e. The van der Waals surface area contributed by atoms with Gasteiger partial charge in [0.2, 0.25) is 0 Å². The number of nitrogens with one attached hydrogen (secondary N) is 2. The van der Waals surface area contributed by atoms with Gasteiger partial charge >= 0.3 is 0 Å². The van der Waals surface area contributed by atoms with E-state index in [1.807, 2.05) is 5.43 Å². The Balaban J connectivity index is 2.00. The molecule has 2 N–H and O–H groups in total. The fraction of sp³-hybridized carbons (Fsp3) is 0.125. The number of benzene rings is 2. The minimum absolute atomic E-state index is 0.0872. The Hall–Kier alpha value is -3.20. The first-order valence-corrected chi connectivity index (χ1v) is 7.62. The summed E-state index contributed by atoms with van der Waals surface area (Å²) in [4.78, 5) is 34.2. The Morgan fingerprint density at radius 1 is 1.23 bits per heavy atom. The van der Waals surface area contributed by atoms with E-state index in [2.05, 4.69) is 5.43 Å². The Labute approximate surface area is 152 Å². The van der Waals surface area contributed by atoms with E-state index < -0.39 is 34.3 Å².